The maximum atomic E-state index is 11.8. The van der Waals surface area contributed by atoms with E-state index < -0.39 is 15.5 Å². The van der Waals surface area contributed by atoms with Crippen molar-refractivity contribution in [2.24, 2.45) is 0 Å². The Morgan fingerprint density at radius 2 is 2.00 bits per heavy atom. The molecule has 0 fully saturated rings. The number of non-ortho nitro benzene ring substituents is 1. The second-order valence-corrected chi connectivity index (χ2v) is 6.63. The number of aromatic nitrogens is 1. The molecule has 7 nitrogen and oxygen atoms in total. The highest BCUT2D eigenvalue weighted by molar-refractivity contribution is 7.09. The van der Waals surface area contributed by atoms with Crippen LogP contribution in [0.3, 0.4) is 0 Å². The minimum absolute atomic E-state index is 0.0681. The summed E-state index contributed by atoms with van der Waals surface area (Å²) < 4.78 is -0.417. The van der Waals surface area contributed by atoms with Crippen molar-refractivity contribution in [2.45, 2.75) is 26.3 Å². The Morgan fingerprint density at radius 3 is 2.43 bits per heavy atom. The van der Waals surface area contributed by atoms with Crippen LogP contribution < -0.4 is 4.48 Å². The van der Waals surface area contributed by atoms with Crippen LogP contribution >= 0.6 is 11.3 Å². The zero-order valence-electron chi connectivity index (χ0n) is 13.1. The normalized spacial score (nSPS) is 13.7. The van der Waals surface area contributed by atoms with Crippen LogP contribution in [0, 0.1) is 10.1 Å². The molecule has 2 rings (SSSR count). The molecule has 1 aromatic heterocycles. The first-order valence-corrected chi connectivity index (χ1v) is 7.90. The van der Waals surface area contributed by atoms with Crippen LogP contribution in [0.1, 0.15) is 30.5 Å². The topological polar surface area (TPSA) is 93.3 Å². The summed E-state index contributed by atoms with van der Waals surface area (Å²) in [4.78, 5) is 26.5. The van der Waals surface area contributed by atoms with Crippen LogP contribution in [0.5, 0.6) is 0 Å². The highest BCUT2D eigenvalue weighted by atomic mass is 32.1. The molecule has 0 saturated heterocycles. The van der Waals surface area contributed by atoms with Crippen LogP contribution in [0.4, 0.5) is 16.2 Å². The number of hydrogen-bond donors (Lipinski definition) is 1. The van der Waals surface area contributed by atoms with Crippen molar-refractivity contribution >= 4 is 28.8 Å². The van der Waals surface area contributed by atoms with E-state index in [4.69, 9.17) is 0 Å². The van der Waals surface area contributed by atoms with E-state index in [-0.39, 0.29) is 18.2 Å². The number of hydrogen-bond acceptors (Lipinski definition) is 5. The fourth-order valence-corrected chi connectivity index (χ4v) is 2.98. The first-order valence-electron chi connectivity index (χ1n) is 7.02. The monoisotopic (exact) mass is 336 g/mol. The van der Waals surface area contributed by atoms with E-state index in [1.807, 2.05) is 19.2 Å². The predicted molar refractivity (Wildman–Crippen MR) is 88.7 cm³/mol. The van der Waals surface area contributed by atoms with Gasteiger partial charge in [-0.3, -0.25) is 10.1 Å². The van der Waals surface area contributed by atoms with Crippen molar-refractivity contribution in [2.75, 3.05) is 7.05 Å². The molecule has 0 bridgehead atoms. The van der Waals surface area contributed by atoms with Gasteiger partial charge in [0.2, 0.25) is 0 Å². The van der Waals surface area contributed by atoms with Crippen molar-refractivity contribution < 1.29 is 14.8 Å². The number of carboxylic acid groups (broad SMARTS) is 1. The van der Waals surface area contributed by atoms with Gasteiger partial charge in [0.1, 0.15) is 17.9 Å². The Hall–Kier alpha value is -2.32. The zero-order chi connectivity index (χ0) is 17.2. The summed E-state index contributed by atoms with van der Waals surface area (Å²) in [5, 5.41) is 23.2. The van der Waals surface area contributed by atoms with E-state index >= 15 is 0 Å². The molecule has 0 aliphatic carbocycles. The molecule has 8 heteroatoms. The lowest BCUT2D eigenvalue weighted by Gasteiger charge is -2.26. The van der Waals surface area contributed by atoms with Crippen LogP contribution in [-0.2, 0) is 6.54 Å². The molecule has 0 aliphatic rings. The lowest BCUT2D eigenvalue weighted by Crippen LogP contribution is -2.49. The molecule has 1 unspecified atom stereocenters. The molecular formula is C15H18N3O4S+. The van der Waals surface area contributed by atoms with Crippen molar-refractivity contribution in [3.8, 4) is 0 Å². The lowest BCUT2D eigenvalue weighted by molar-refractivity contribution is -0.384. The number of quaternary nitrogens is 1. The molecule has 122 valence electrons. The highest BCUT2D eigenvalue weighted by Crippen LogP contribution is 2.28. The summed E-state index contributed by atoms with van der Waals surface area (Å²) in [6, 6.07) is 5.58. The summed E-state index contributed by atoms with van der Waals surface area (Å²) >= 11 is 1.51. The molecule has 1 amide bonds. The summed E-state index contributed by atoms with van der Waals surface area (Å²) in [5.41, 5.74) is 1.09. The molecule has 0 radical (unpaired) electrons. The van der Waals surface area contributed by atoms with Crippen LogP contribution in [0.25, 0.3) is 0 Å². The van der Waals surface area contributed by atoms with Gasteiger partial charge in [-0.2, -0.15) is 9.28 Å². The third-order valence-electron chi connectivity index (χ3n) is 3.59. The molecule has 2 aromatic rings. The molecule has 1 N–H and O–H groups in total. The number of benzene rings is 1. The first-order chi connectivity index (χ1) is 10.7. The number of thiazole rings is 1. The number of nitro benzene ring substituents is 1. The van der Waals surface area contributed by atoms with Crippen LogP contribution in [0.2, 0.25) is 0 Å². The van der Waals surface area contributed by atoms with Gasteiger partial charge in [-0.25, -0.2) is 4.98 Å². The van der Waals surface area contributed by atoms with E-state index in [9.17, 15) is 20.0 Å². The molecular weight excluding hydrogens is 318 g/mol. The van der Waals surface area contributed by atoms with Gasteiger partial charge in [-0.15, -0.1) is 11.3 Å². The van der Waals surface area contributed by atoms with Gasteiger partial charge in [0.05, 0.1) is 17.0 Å². The lowest BCUT2D eigenvalue weighted by atomic mass is 10.2. The summed E-state index contributed by atoms with van der Waals surface area (Å²) in [6.45, 7) is 4.24. The average Bonchev–Trinajstić information content (AvgIpc) is 2.95. The standard InChI is InChI=1S/C15H17N3O4S/c1-10(2)14-16-11(9-23-14)8-18(3,15(19)20)13-6-4-12(5-7-13)17(21)22/h4-7,9-10H,8H2,1-3H3/p+1. The smallest absolute Gasteiger partial charge is 0.435 e. The van der Waals surface area contributed by atoms with Gasteiger partial charge in [0.15, 0.2) is 0 Å². The van der Waals surface area contributed by atoms with Crippen LogP contribution in [-0.4, -0.2) is 28.2 Å². The van der Waals surface area contributed by atoms with E-state index in [0.717, 1.165) is 5.01 Å². The van der Waals surface area contributed by atoms with Crippen molar-refractivity contribution in [1.82, 2.24) is 9.47 Å². The quantitative estimate of drug-likeness (QED) is 0.506. The van der Waals surface area contributed by atoms with E-state index in [0.29, 0.717) is 11.4 Å². The highest BCUT2D eigenvalue weighted by Gasteiger charge is 2.36. The summed E-state index contributed by atoms with van der Waals surface area (Å²) in [5.74, 6) is 0.289. The van der Waals surface area contributed by atoms with Crippen LogP contribution in [0.15, 0.2) is 29.6 Å². The third kappa shape index (κ3) is 3.54. The number of amides is 1. The van der Waals surface area contributed by atoms with Crippen molar-refractivity contribution in [1.29, 1.82) is 0 Å². The van der Waals surface area contributed by atoms with Gasteiger partial charge < -0.3 is 5.11 Å². The molecule has 0 saturated carbocycles. The summed E-state index contributed by atoms with van der Waals surface area (Å²) in [7, 11) is 1.55. The third-order valence-corrected chi connectivity index (χ3v) is 4.79. The molecule has 23 heavy (non-hydrogen) atoms. The maximum Gasteiger partial charge on any atom is 0.518 e. The van der Waals surface area contributed by atoms with E-state index in [2.05, 4.69) is 4.98 Å². The molecule has 0 aliphatic heterocycles. The Morgan fingerprint density at radius 1 is 1.39 bits per heavy atom. The maximum absolute atomic E-state index is 11.8. The van der Waals surface area contributed by atoms with Gasteiger partial charge in [0, 0.05) is 35.6 Å². The van der Waals surface area contributed by atoms with E-state index in [1.165, 1.54) is 35.6 Å². The van der Waals surface area contributed by atoms with Crippen molar-refractivity contribution in [3.63, 3.8) is 0 Å². The minimum atomic E-state index is -1.04. The molecule has 1 aromatic carbocycles. The van der Waals surface area contributed by atoms with Crippen molar-refractivity contribution in [3.05, 3.63) is 50.5 Å². The van der Waals surface area contributed by atoms with Gasteiger partial charge in [-0.1, -0.05) is 13.8 Å². The molecule has 1 heterocycles. The Bertz CT molecular complexity index is 727. The Labute approximate surface area is 137 Å². The predicted octanol–water partition coefficient (Wildman–Crippen LogP) is 3.99. The number of nitrogens with zero attached hydrogens (tertiary/aromatic N) is 3. The number of rotatable bonds is 5. The molecule has 0 spiro atoms. The fraction of sp³-hybridized carbons (Fsp3) is 0.333. The first kappa shape index (κ1) is 17.0. The number of carbonyl (C=O) groups is 1. The van der Waals surface area contributed by atoms with Gasteiger partial charge in [0.25, 0.3) is 5.69 Å². The van der Waals surface area contributed by atoms with Gasteiger partial charge in [-0.05, 0) is 0 Å². The fourth-order valence-electron chi connectivity index (χ4n) is 2.16. The van der Waals surface area contributed by atoms with E-state index in [1.54, 1.807) is 7.05 Å². The zero-order valence-corrected chi connectivity index (χ0v) is 13.9. The SMILES string of the molecule is CC(C)c1nc(C[N+](C)(C(=O)O)c2ccc([N+](=O)[O-])cc2)cs1. The van der Waals surface area contributed by atoms with Gasteiger partial charge >= 0.3 is 6.09 Å². The second-order valence-electron chi connectivity index (χ2n) is 5.74. The Balaban J connectivity index is 2.34. The average molecular weight is 336 g/mol. The largest absolute Gasteiger partial charge is 0.518 e. The number of nitro groups is 1. The molecule has 1 atom stereocenters. The summed E-state index contributed by atoms with van der Waals surface area (Å²) in [6.07, 6.45) is -1.04. The Kier molecular flexibility index (Phi) is 4.76. The second kappa shape index (κ2) is 6.43. The minimum Gasteiger partial charge on any atom is -0.435 e.